The van der Waals surface area contributed by atoms with Crippen LogP contribution < -0.4 is 4.74 Å². The number of rotatable bonds is 8. The van der Waals surface area contributed by atoms with Crippen LogP contribution in [0.2, 0.25) is 0 Å². The zero-order chi connectivity index (χ0) is 19.4. The molecule has 0 aliphatic rings. The van der Waals surface area contributed by atoms with Crippen LogP contribution in [0.15, 0.2) is 36.7 Å². The average Bonchev–Trinajstić information content (AvgIpc) is 3.28. The Hall–Kier alpha value is -3.00. The molecule has 1 atom stereocenters. The fourth-order valence-corrected chi connectivity index (χ4v) is 3.28. The van der Waals surface area contributed by atoms with E-state index in [1.54, 1.807) is 19.2 Å². The van der Waals surface area contributed by atoms with Crippen LogP contribution in [0.4, 0.5) is 0 Å². The van der Waals surface area contributed by atoms with Gasteiger partial charge >= 0.3 is 0 Å². The highest BCUT2D eigenvalue weighted by atomic mass is 16.5. The van der Waals surface area contributed by atoms with E-state index in [2.05, 4.69) is 27.0 Å². The fraction of sp³-hybridized carbons (Fsp3) is 0.368. The Morgan fingerprint density at radius 3 is 2.78 bits per heavy atom. The number of carbonyl (C=O) groups excluding carboxylic acids is 1. The van der Waals surface area contributed by atoms with E-state index < -0.39 is 0 Å². The van der Waals surface area contributed by atoms with Crippen LogP contribution in [-0.2, 0) is 4.74 Å². The summed E-state index contributed by atoms with van der Waals surface area (Å²) in [5.74, 6) is 0.518. The lowest BCUT2D eigenvalue weighted by atomic mass is 10.1. The van der Waals surface area contributed by atoms with Crippen LogP contribution in [0, 0.1) is 13.8 Å². The number of hydrogen-bond acceptors (Lipinski definition) is 6. The summed E-state index contributed by atoms with van der Waals surface area (Å²) in [6, 6.07) is 9.33. The van der Waals surface area contributed by atoms with Crippen molar-refractivity contribution < 1.29 is 14.3 Å². The summed E-state index contributed by atoms with van der Waals surface area (Å²) >= 11 is 0. The summed E-state index contributed by atoms with van der Waals surface area (Å²) in [4.78, 5) is 12.7. The topological polar surface area (TPSA) is 84.1 Å². The van der Waals surface area contributed by atoms with E-state index in [9.17, 15) is 4.79 Å². The maximum atomic E-state index is 12.7. The quantitative estimate of drug-likeness (QED) is 0.568. The van der Waals surface area contributed by atoms with Crippen LogP contribution in [0.25, 0.3) is 5.69 Å². The molecule has 2 aromatic heterocycles. The van der Waals surface area contributed by atoms with E-state index >= 15 is 0 Å². The second kappa shape index (κ2) is 8.13. The predicted octanol–water partition coefficient (Wildman–Crippen LogP) is 2.55. The van der Waals surface area contributed by atoms with Crippen LogP contribution in [0.5, 0.6) is 5.75 Å². The summed E-state index contributed by atoms with van der Waals surface area (Å²) < 4.78 is 14.6. The molecule has 2 heterocycles. The highest BCUT2D eigenvalue weighted by Crippen LogP contribution is 2.22. The zero-order valence-corrected chi connectivity index (χ0v) is 15.9. The van der Waals surface area contributed by atoms with Gasteiger partial charge in [-0.2, -0.15) is 0 Å². The molecule has 0 unspecified atom stereocenters. The first-order valence-corrected chi connectivity index (χ1v) is 8.68. The Bertz CT molecular complexity index is 918. The van der Waals surface area contributed by atoms with E-state index in [-0.39, 0.29) is 18.4 Å². The van der Waals surface area contributed by atoms with Gasteiger partial charge in [-0.25, -0.2) is 4.68 Å². The molecule has 0 N–H and O–H groups in total. The van der Waals surface area contributed by atoms with Crippen LogP contribution in [0.1, 0.15) is 34.7 Å². The number of Topliss-reactive ketones (excluding diaryl/α,β-unsaturated/α-hetero) is 1. The first kappa shape index (κ1) is 18.8. The van der Waals surface area contributed by atoms with E-state index in [0.29, 0.717) is 17.9 Å². The van der Waals surface area contributed by atoms with Crippen molar-refractivity contribution in [2.75, 3.05) is 20.3 Å². The second-order valence-corrected chi connectivity index (χ2v) is 6.42. The Balaban J connectivity index is 1.72. The molecule has 0 bridgehead atoms. The van der Waals surface area contributed by atoms with Gasteiger partial charge in [-0.1, -0.05) is 6.07 Å². The predicted molar refractivity (Wildman–Crippen MR) is 99.5 cm³/mol. The van der Waals surface area contributed by atoms with Gasteiger partial charge in [0.1, 0.15) is 12.1 Å². The molecule has 0 fully saturated rings. The summed E-state index contributed by atoms with van der Waals surface area (Å²) in [5, 5.41) is 11.1. The molecule has 1 aromatic carbocycles. The molecule has 3 rings (SSSR count). The lowest BCUT2D eigenvalue weighted by Crippen LogP contribution is -2.16. The number of tetrazole rings is 1. The molecule has 0 aliphatic heterocycles. The number of aromatic nitrogens is 5. The number of ether oxygens (including phenoxy) is 2. The number of hydrogen-bond donors (Lipinski definition) is 0. The van der Waals surface area contributed by atoms with Crippen molar-refractivity contribution in [1.29, 1.82) is 0 Å². The summed E-state index contributed by atoms with van der Waals surface area (Å²) in [5.41, 5.74) is 3.39. The molecule has 0 aliphatic carbocycles. The van der Waals surface area contributed by atoms with Crippen molar-refractivity contribution in [3.05, 3.63) is 53.6 Å². The highest BCUT2D eigenvalue weighted by Gasteiger charge is 2.19. The lowest BCUT2D eigenvalue weighted by Gasteiger charge is -2.17. The minimum Gasteiger partial charge on any atom is -0.485 e. The first-order chi connectivity index (χ1) is 13.0. The zero-order valence-electron chi connectivity index (χ0n) is 15.9. The Morgan fingerprint density at radius 2 is 2.07 bits per heavy atom. The molecule has 8 nitrogen and oxygen atoms in total. The number of nitrogens with zero attached hydrogens (tertiary/aromatic N) is 5. The van der Waals surface area contributed by atoms with Crippen molar-refractivity contribution in [2.24, 2.45) is 0 Å². The van der Waals surface area contributed by atoms with Crippen LogP contribution in [0.3, 0.4) is 0 Å². The minimum atomic E-state index is -0.0632. The van der Waals surface area contributed by atoms with E-state index in [0.717, 1.165) is 17.1 Å². The van der Waals surface area contributed by atoms with Gasteiger partial charge in [0.15, 0.2) is 6.61 Å². The Kier molecular flexibility index (Phi) is 5.66. The second-order valence-electron chi connectivity index (χ2n) is 6.42. The molecular formula is C19H23N5O3. The van der Waals surface area contributed by atoms with Gasteiger partial charge < -0.3 is 14.0 Å². The van der Waals surface area contributed by atoms with Gasteiger partial charge in [-0.15, -0.1) is 5.10 Å². The number of carbonyl (C=O) groups is 1. The molecule has 8 heteroatoms. The van der Waals surface area contributed by atoms with Crippen molar-refractivity contribution >= 4 is 5.78 Å². The molecule has 0 radical (unpaired) electrons. The van der Waals surface area contributed by atoms with Crippen molar-refractivity contribution in [2.45, 2.75) is 26.8 Å². The van der Waals surface area contributed by atoms with Crippen LogP contribution in [-0.4, -0.2) is 50.9 Å². The third-order valence-corrected chi connectivity index (χ3v) is 4.43. The maximum absolute atomic E-state index is 12.7. The average molecular weight is 369 g/mol. The molecule has 142 valence electrons. The Labute approximate surface area is 157 Å². The maximum Gasteiger partial charge on any atom is 0.202 e. The largest absolute Gasteiger partial charge is 0.485 e. The van der Waals surface area contributed by atoms with Crippen molar-refractivity contribution in [1.82, 2.24) is 24.8 Å². The summed E-state index contributed by atoms with van der Waals surface area (Å²) in [6.07, 6.45) is 1.50. The van der Waals surface area contributed by atoms with Crippen molar-refractivity contribution in [3.63, 3.8) is 0 Å². The molecular weight excluding hydrogens is 346 g/mol. The SMILES string of the molecule is COC[C@H](C)n1c(C)cc(C(=O)COc2cccc(-n3cnnn3)c2)c1C. The fourth-order valence-electron chi connectivity index (χ4n) is 3.28. The van der Waals surface area contributed by atoms with Gasteiger partial charge in [-0.05, 0) is 49.4 Å². The number of benzene rings is 1. The van der Waals surface area contributed by atoms with Gasteiger partial charge in [0.25, 0.3) is 0 Å². The Morgan fingerprint density at radius 1 is 1.26 bits per heavy atom. The van der Waals surface area contributed by atoms with Gasteiger partial charge in [-0.3, -0.25) is 4.79 Å². The molecule has 0 saturated heterocycles. The molecule has 0 saturated carbocycles. The minimum absolute atomic E-state index is 0.0397. The van der Waals surface area contributed by atoms with Gasteiger partial charge in [0, 0.05) is 30.1 Å². The van der Waals surface area contributed by atoms with Gasteiger partial charge in [0.2, 0.25) is 5.78 Å². The number of methoxy groups -OCH3 is 1. The normalized spacial score (nSPS) is 12.1. The summed E-state index contributed by atoms with van der Waals surface area (Å²) in [6.45, 7) is 6.56. The van der Waals surface area contributed by atoms with Crippen molar-refractivity contribution in [3.8, 4) is 11.4 Å². The molecule has 27 heavy (non-hydrogen) atoms. The monoisotopic (exact) mass is 369 g/mol. The highest BCUT2D eigenvalue weighted by molar-refractivity contribution is 5.98. The van der Waals surface area contributed by atoms with E-state index in [4.69, 9.17) is 9.47 Å². The van der Waals surface area contributed by atoms with Gasteiger partial charge in [0.05, 0.1) is 18.3 Å². The molecule has 3 aromatic rings. The number of ketones is 1. The number of aryl methyl sites for hydroxylation is 1. The van der Waals surface area contributed by atoms with E-state index in [1.165, 1.54) is 11.0 Å². The molecule has 0 spiro atoms. The summed E-state index contributed by atoms with van der Waals surface area (Å²) in [7, 11) is 1.67. The standard InChI is InChI=1S/C19H23N5O3/c1-13-8-18(15(3)24(13)14(2)10-26-4)19(25)11-27-17-7-5-6-16(9-17)23-12-20-21-22-23/h5-9,12,14H,10-11H2,1-4H3/t14-/m0/s1. The smallest absolute Gasteiger partial charge is 0.202 e. The third kappa shape index (κ3) is 4.06. The lowest BCUT2D eigenvalue weighted by molar-refractivity contribution is 0.0920. The van der Waals surface area contributed by atoms with Crippen LogP contribution >= 0.6 is 0 Å². The molecule has 0 amide bonds. The van der Waals surface area contributed by atoms with E-state index in [1.807, 2.05) is 32.0 Å². The first-order valence-electron chi connectivity index (χ1n) is 8.68. The third-order valence-electron chi connectivity index (χ3n) is 4.43.